The lowest BCUT2D eigenvalue weighted by atomic mass is 10.1. The third kappa shape index (κ3) is 1.90. The van der Waals surface area contributed by atoms with Crippen molar-refractivity contribution < 1.29 is 9.53 Å². The molecule has 0 fully saturated rings. The Morgan fingerprint density at radius 2 is 2.27 bits per heavy atom. The van der Waals surface area contributed by atoms with Gasteiger partial charge in [0.25, 0.3) is 5.24 Å². The van der Waals surface area contributed by atoms with Crippen molar-refractivity contribution in [1.82, 2.24) is 0 Å². The molecule has 1 heterocycles. The second-order valence-electron chi connectivity index (χ2n) is 3.35. The standard InChI is InChI=1S/C10H9Cl2NO2/c1-13-2-3-15-9-7(10(12)14)4-6(11)5-8(9)13/h4-5H,2-3H2,1H3. The summed E-state index contributed by atoms with van der Waals surface area (Å²) >= 11 is 11.4. The van der Waals surface area contributed by atoms with Crippen molar-refractivity contribution in [3.63, 3.8) is 0 Å². The Morgan fingerprint density at radius 1 is 1.53 bits per heavy atom. The molecule has 1 aliphatic heterocycles. The van der Waals surface area contributed by atoms with E-state index in [1.54, 1.807) is 6.07 Å². The molecular formula is C10H9Cl2NO2. The number of carbonyl (C=O) groups excluding carboxylic acids is 1. The van der Waals surface area contributed by atoms with Gasteiger partial charge in [0.05, 0.1) is 17.8 Å². The molecule has 0 amide bonds. The molecule has 0 unspecified atom stereocenters. The number of anilines is 1. The molecule has 0 spiro atoms. The summed E-state index contributed by atoms with van der Waals surface area (Å²) < 4.78 is 5.44. The molecule has 1 aliphatic rings. The van der Waals surface area contributed by atoms with E-state index in [0.29, 0.717) is 22.9 Å². The third-order valence-electron chi connectivity index (χ3n) is 2.33. The van der Waals surface area contributed by atoms with Gasteiger partial charge < -0.3 is 9.64 Å². The Balaban J connectivity index is 2.62. The van der Waals surface area contributed by atoms with Crippen molar-refractivity contribution in [2.24, 2.45) is 0 Å². The second-order valence-corrected chi connectivity index (χ2v) is 4.13. The number of carbonyl (C=O) groups is 1. The molecule has 1 aromatic carbocycles. The molecular weight excluding hydrogens is 237 g/mol. The van der Waals surface area contributed by atoms with Crippen molar-refractivity contribution in [3.05, 3.63) is 22.7 Å². The molecule has 0 atom stereocenters. The molecule has 80 valence electrons. The summed E-state index contributed by atoms with van der Waals surface area (Å²) in [6.45, 7) is 1.31. The van der Waals surface area contributed by atoms with E-state index in [-0.39, 0.29) is 0 Å². The quantitative estimate of drug-likeness (QED) is 0.713. The van der Waals surface area contributed by atoms with Crippen LogP contribution >= 0.6 is 23.2 Å². The van der Waals surface area contributed by atoms with E-state index in [0.717, 1.165) is 12.2 Å². The molecule has 15 heavy (non-hydrogen) atoms. The van der Waals surface area contributed by atoms with E-state index < -0.39 is 5.24 Å². The van der Waals surface area contributed by atoms with Crippen LogP contribution in [0, 0.1) is 0 Å². The van der Waals surface area contributed by atoms with Gasteiger partial charge in [-0.1, -0.05) is 11.6 Å². The first-order valence-corrected chi connectivity index (χ1v) is 5.22. The van der Waals surface area contributed by atoms with Crippen LogP contribution in [0.25, 0.3) is 0 Å². The van der Waals surface area contributed by atoms with Crippen molar-refractivity contribution in [2.75, 3.05) is 25.1 Å². The fourth-order valence-corrected chi connectivity index (χ4v) is 1.92. The maximum Gasteiger partial charge on any atom is 0.256 e. The van der Waals surface area contributed by atoms with Crippen LogP contribution in [-0.2, 0) is 0 Å². The molecule has 0 saturated carbocycles. The lowest BCUT2D eigenvalue weighted by molar-refractivity contribution is 0.107. The highest BCUT2D eigenvalue weighted by Crippen LogP contribution is 2.37. The Labute approximate surface area is 97.5 Å². The summed E-state index contributed by atoms with van der Waals surface area (Å²) in [7, 11) is 1.92. The van der Waals surface area contributed by atoms with Crippen molar-refractivity contribution in [2.45, 2.75) is 0 Å². The van der Waals surface area contributed by atoms with Crippen molar-refractivity contribution in [1.29, 1.82) is 0 Å². The molecule has 3 nitrogen and oxygen atoms in total. The van der Waals surface area contributed by atoms with Crippen LogP contribution in [0.15, 0.2) is 12.1 Å². The van der Waals surface area contributed by atoms with Crippen LogP contribution in [0.1, 0.15) is 10.4 Å². The van der Waals surface area contributed by atoms with E-state index in [9.17, 15) is 4.79 Å². The van der Waals surface area contributed by atoms with Crippen LogP contribution in [0.5, 0.6) is 5.75 Å². The second kappa shape index (κ2) is 3.91. The number of likely N-dealkylation sites (N-methyl/N-ethyl adjacent to an activating group) is 1. The molecule has 0 aliphatic carbocycles. The zero-order chi connectivity index (χ0) is 11.0. The molecule has 0 saturated heterocycles. The minimum atomic E-state index is -0.552. The number of benzene rings is 1. The van der Waals surface area contributed by atoms with Gasteiger partial charge in [-0.3, -0.25) is 4.79 Å². The fraction of sp³-hybridized carbons (Fsp3) is 0.300. The van der Waals surface area contributed by atoms with Gasteiger partial charge in [0.2, 0.25) is 0 Å². The lowest BCUT2D eigenvalue weighted by Gasteiger charge is -2.28. The smallest absolute Gasteiger partial charge is 0.256 e. The number of hydrogen-bond acceptors (Lipinski definition) is 3. The minimum Gasteiger partial charge on any atom is -0.489 e. The van der Waals surface area contributed by atoms with Crippen LogP contribution < -0.4 is 9.64 Å². The SMILES string of the molecule is CN1CCOc2c(C(=O)Cl)cc(Cl)cc21. The maximum absolute atomic E-state index is 11.2. The van der Waals surface area contributed by atoms with E-state index in [4.69, 9.17) is 27.9 Å². The van der Waals surface area contributed by atoms with E-state index in [1.165, 1.54) is 6.07 Å². The van der Waals surface area contributed by atoms with Crippen molar-refractivity contribution in [3.8, 4) is 5.75 Å². The number of rotatable bonds is 1. The number of hydrogen-bond donors (Lipinski definition) is 0. The molecule has 2 rings (SSSR count). The summed E-state index contributed by atoms with van der Waals surface area (Å²) in [6.07, 6.45) is 0. The van der Waals surface area contributed by atoms with Gasteiger partial charge in [0.1, 0.15) is 6.61 Å². The van der Waals surface area contributed by atoms with Gasteiger partial charge in [-0.15, -0.1) is 0 Å². The first-order valence-electron chi connectivity index (χ1n) is 4.47. The average molecular weight is 246 g/mol. The van der Waals surface area contributed by atoms with E-state index >= 15 is 0 Å². The first kappa shape index (κ1) is 10.6. The van der Waals surface area contributed by atoms with Crippen LogP contribution in [0.2, 0.25) is 5.02 Å². The molecule has 0 radical (unpaired) electrons. The predicted molar refractivity (Wildman–Crippen MR) is 60.4 cm³/mol. The molecule has 0 aromatic heterocycles. The molecule has 0 bridgehead atoms. The molecule has 5 heteroatoms. The Hall–Kier alpha value is -0.930. The summed E-state index contributed by atoms with van der Waals surface area (Å²) in [6, 6.07) is 3.29. The number of halogens is 2. The molecule has 0 N–H and O–H groups in total. The van der Waals surface area contributed by atoms with Gasteiger partial charge in [-0.05, 0) is 23.7 Å². The van der Waals surface area contributed by atoms with Crippen LogP contribution in [-0.4, -0.2) is 25.4 Å². The van der Waals surface area contributed by atoms with Gasteiger partial charge in [-0.2, -0.15) is 0 Å². The Bertz CT molecular complexity index is 420. The zero-order valence-electron chi connectivity index (χ0n) is 8.09. The lowest BCUT2D eigenvalue weighted by Crippen LogP contribution is -2.29. The Morgan fingerprint density at radius 3 is 2.93 bits per heavy atom. The van der Waals surface area contributed by atoms with Gasteiger partial charge in [-0.25, -0.2) is 0 Å². The first-order chi connectivity index (χ1) is 7.09. The van der Waals surface area contributed by atoms with Gasteiger partial charge >= 0.3 is 0 Å². The predicted octanol–water partition coefficient (Wildman–Crippen LogP) is 2.55. The number of nitrogens with zero attached hydrogens (tertiary/aromatic N) is 1. The topological polar surface area (TPSA) is 29.5 Å². The van der Waals surface area contributed by atoms with Crippen LogP contribution in [0.4, 0.5) is 5.69 Å². The Kier molecular flexibility index (Phi) is 2.76. The monoisotopic (exact) mass is 245 g/mol. The average Bonchev–Trinajstić information content (AvgIpc) is 2.18. The highest BCUT2D eigenvalue weighted by Gasteiger charge is 2.22. The van der Waals surface area contributed by atoms with E-state index in [1.807, 2.05) is 11.9 Å². The van der Waals surface area contributed by atoms with E-state index in [2.05, 4.69) is 0 Å². The normalized spacial score (nSPS) is 14.5. The van der Waals surface area contributed by atoms with Gasteiger partial charge in [0, 0.05) is 12.1 Å². The van der Waals surface area contributed by atoms with Gasteiger partial charge in [0.15, 0.2) is 5.75 Å². The largest absolute Gasteiger partial charge is 0.489 e. The van der Waals surface area contributed by atoms with Crippen molar-refractivity contribution >= 4 is 34.1 Å². The summed E-state index contributed by atoms with van der Waals surface area (Å²) in [4.78, 5) is 13.2. The summed E-state index contributed by atoms with van der Waals surface area (Å²) in [5.41, 5.74) is 1.13. The summed E-state index contributed by atoms with van der Waals surface area (Å²) in [5, 5.41) is -0.0702. The maximum atomic E-state index is 11.2. The fourth-order valence-electron chi connectivity index (χ4n) is 1.57. The number of fused-ring (bicyclic) bond motifs is 1. The van der Waals surface area contributed by atoms with Crippen LogP contribution in [0.3, 0.4) is 0 Å². The zero-order valence-corrected chi connectivity index (χ0v) is 9.60. The number of ether oxygens (including phenoxy) is 1. The highest BCUT2D eigenvalue weighted by atomic mass is 35.5. The highest BCUT2D eigenvalue weighted by molar-refractivity contribution is 6.68. The minimum absolute atomic E-state index is 0.325. The molecule has 1 aromatic rings. The third-order valence-corrected chi connectivity index (χ3v) is 2.75. The summed E-state index contributed by atoms with van der Waals surface area (Å²) in [5.74, 6) is 0.521.